The molecule has 0 spiro atoms. The van der Waals surface area contributed by atoms with Gasteiger partial charge in [0.1, 0.15) is 5.82 Å². The van der Waals surface area contributed by atoms with Crippen molar-refractivity contribution in [3.63, 3.8) is 0 Å². The van der Waals surface area contributed by atoms with E-state index in [1.807, 2.05) is 13.1 Å². The maximum Gasteiger partial charge on any atom is 0.125 e. The van der Waals surface area contributed by atoms with Crippen molar-refractivity contribution in [2.75, 3.05) is 20.1 Å². The van der Waals surface area contributed by atoms with E-state index in [2.05, 4.69) is 10.2 Å². The smallest absolute Gasteiger partial charge is 0.125 e. The lowest BCUT2D eigenvalue weighted by atomic mass is 10.2. The van der Waals surface area contributed by atoms with Gasteiger partial charge in [-0.05, 0) is 37.2 Å². The fourth-order valence-electron chi connectivity index (χ4n) is 2.17. The molecule has 0 aromatic heterocycles. The molecule has 1 aromatic rings. The molecule has 1 saturated heterocycles. The molecule has 1 aliphatic rings. The highest BCUT2D eigenvalue weighted by molar-refractivity contribution is 6.30. The van der Waals surface area contributed by atoms with E-state index >= 15 is 0 Å². The van der Waals surface area contributed by atoms with Gasteiger partial charge in [-0.1, -0.05) is 11.6 Å². The van der Waals surface area contributed by atoms with Crippen molar-refractivity contribution < 1.29 is 4.39 Å². The van der Waals surface area contributed by atoms with E-state index in [4.69, 9.17) is 11.6 Å². The highest BCUT2D eigenvalue weighted by Gasteiger charge is 2.20. The van der Waals surface area contributed by atoms with Gasteiger partial charge in [0.25, 0.3) is 0 Å². The van der Waals surface area contributed by atoms with Gasteiger partial charge < -0.3 is 5.32 Å². The molecule has 1 aromatic carbocycles. The van der Waals surface area contributed by atoms with E-state index in [1.165, 1.54) is 6.07 Å². The third-order valence-corrected chi connectivity index (χ3v) is 3.23. The Balaban J connectivity index is 1.99. The summed E-state index contributed by atoms with van der Waals surface area (Å²) < 4.78 is 13.1. The lowest BCUT2D eigenvalue weighted by Crippen LogP contribution is -2.29. The zero-order valence-electron chi connectivity index (χ0n) is 9.34. The zero-order chi connectivity index (χ0) is 11.5. The average molecular weight is 243 g/mol. The maximum absolute atomic E-state index is 13.1. The minimum absolute atomic E-state index is 0.258. The number of nitrogens with zero attached hydrogens (tertiary/aromatic N) is 1. The van der Waals surface area contributed by atoms with Crippen molar-refractivity contribution in [1.82, 2.24) is 10.2 Å². The largest absolute Gasteiger partial charge is 0.316 e. The van der Waals surface area contributed by atoms with Crippen molar-refractivity contribution in [3.8, 4) is 0 Å². The van der Waals surface area contributed by atoms with Crippen LogP contribution in [0.1, 0.15) is 12.0 Å². The first-order valence-corrected chi connectivity index (χ1v) is 5.90. The lowest BCUT2D eigenvalue weighted by Gasteiger charge is -2.16. The summed E-state index contributed by atoms with van der Waals surface area (Å²) in [6, 6.07) is 5.28. The second-order valence-corrected chi connectivity index (χ2v) is 4.72. The van der Waals surface area contributed by atoms with Gasteiger partial charge in [-0.3, -0.25) is 4.90 Å². The quantitative estimate of drug-likeness (QED) is 0.875. The van der Waals surface area contributed by atoms with Crippen LogP contribution in [0.15, 0.2) is 18.2 Å². The standard InChI is InChI=1S/C12H16ClFN2/c1-15-12-2-3-16(8-12)7-9-4-10(13)6-11(14)5-9/h4-6,12,15H,2-3,7-8H2,1H3. The molecular formula is C12H16ClFN2. The van der Waals surface area contributed by atoms with E-state index in [9.17, 15) is 4.39 Å². The Morgan fingerprint density at radius 2 is 2.31 bits per heavy atom. The number of halogens is 2. The average Bonchev–Trinajstić information content (AvgIpc) is 2.64. The Labute approximate surface area is 100 Å². The number of hydrogen-bond donors (Lipinski definition) is 1. The van der Waals surface area contributed by atoms with E-state index < -0.39 is 0 Å². The molecule has 2 rings (SSSR count). The number of nitrogens with one attached hydrogen (secondary N) is 1. The molecule has 0 saturated carbocycles. The van der Waals surface area contributed by atoms with Crippen LogP contribution in [0.3, 0.4) is 0 Å². The van der Waals surface area contributed by atoms with Crippen molar-refractivity contribution in [3.05, 3.63) is 34.6 Å². The van der Waals surface area contributed by atoms with Crippen LogP contribution >= 0.6 is 11.6 Å². The van der Waals surface area contributed by atoms with Crippen LogP contribution in [0, 0.1) is 5.82 Å². The van der Waals surface area contributed by atoms with Crippen LogP contribution in [-0.2, 0) is 6.54 Å². The monoisotopic (exact) mass is 242 g/mol. The predicted octanol–water partition coefficient (Wildman–Crippen LogP) is 2.27. The van der Waals surface area contributed by atoms with Gasteiger partial charge in [-0.15, -0.1) is 0 Å². The van der Waals surface area contributed by atoms with Crippen molar-refractivity contribution in [1.29, 1.82) is 0 Å². The molecule has 0 aliphatic carbocycles. The Morgan fingerprint density at radius 1 is 1.50 bits per heavy atom. The predicted molar refractivity (Wildman–Crippen MR) is 64.2 cm³/mol. The van der Waals surface area contributed by atoms with Crippen LogP contribution in [-0.4, -0.2) is 31.1 Å². The highest BCUT2D eigenvalue weighted by atomic mass is 35.5. The molecule has 1 unspecified atom stereocenters. The molecule has 0 bridgehead atoms. The number of likely N-dealkylation sites (N-methyl/N-ethyl adjacent to an activating group) is 1. The van der Waals surface area contributed by atoms with Gasteiger partial charge in [-0.25, -0.2) is 4.39 Å². The van der Waals surface area contributed by atoms with Crippen LogP contribution in [0.2, 0.25) is 5.02 Å². The topological polar surface area (TPSA) is 15.3 Å². The van der Waals surface area contributed by atoms with Gasteiger partial charge >= 0.3 is 0 Å². The van der Waals surface area contributed by atoms with Crippen LogP contribution < -0.4 is 5.32 Å². The Hall–Kier alpha value is -0.640. The van der Waals surface area contributed by atoms with Gasteiger partial charge in [0.15, 0.2) is 0 Å². The fraction of sp³-hybridized carbons (Fsp3) is 0.500. The van der Waals surface area contributed by atoms with E-state index in [1.54, 1.807) is 6.07 Å². The molecule has 1 aliphatic heterocycles. The van der Waals surface area contributed by atoms with Crippen molar-refractivity contribution in [2.45, 2.75) is 19.0 Å². The molecule has 1 atom stereocenters. The summed E-state index contributed by atoms with van der Waals surface area (Å²) in [7, 11) is 1.98. The lowest BCUT2D eigenvalue weighted by molar-refractivity contribution is 0.322. The minimum atomic E-state index is -0.258. The summed E-state index contributed by atoms with van der Waals surface area (Å²) in [6.45, 7) is 2.85. The summed E-state index contributed by atoms with van der Waals surface area (Å²) in [5.41, 5.74) is 0.946. The molecule has 4 heteroatoms. The third-order valence-electron chi connectivity index (χ3n) is 3.01. The summed E-state index contributed by atoms with van der Waals surface area (Å²) in [6.07, 6.45) is 1.15. The summed E-state index contributed by atoms with van der Waals surface area (Å²) >= 11 is 5.82. The molecule has 2 nitrogen and oxygen atoms in total. The van der Waals surface area contributed by atoms with Crippen LogP contribution in [0.5, 0.6) is 0 Å². The SMILES string of the molecule is CNC1CCN(Cc2cc(F)cc(Cl)c2)C1. The van der Waals surface area contributed by atoms with Crippen molar-refractivity contribution >= 4 is 11.6 Å². The third kappa shape index (κ3) is 2.94. The highest BCUT2D eigenvalue weighted by Crippen LogP contribution is 2.18. The van der Waals surface area contributed by atoms with Crippen LogP contribution in [0.4, 0.5) is 4.39 Å². The summed E-state index contributed by atoms with van der Waals surface area (Å²) in [5, 5.41) is 3.73. The van der Waals surface area contributed by atoms with Gasteiger partial charge in [-0.2, -0.15) is 0 Å². The molecule has 1 heterocycles. The second-order valence-electron chi connectivity index (χ2n) is 4.29. The maximum atomic E-state index is 13.1. The first-order valence-electron chi connectivity index (χ1n) is 5.52. The second kappa shape index (κ2) is 5.13. The van der Waals surface area contributed by atoms with E-state index in [-0.39, 0.29) is 5.82 Å². The molecule has 1 fully saturated rings. The van der Waals surface area contributed by atoms with E-state index in [0.717, 1.165) is 31.6 Å². The van der Waals surface area contributed by atoms with Crippen molar-refractivity contribution in [2.24, 2.45) is 0 Å². The van der Waals surface area contributed by atoms with Gasteiger partial charge in [0.2, 0.25) is 0 Å². The van der Waals surface area contributed by atoms with E-state index in [0.29, 0.717) is 11.1 Å². The summed E-state index contributed by atoms with van der Waals surface area (Å²) in [4.78, 5) is 2.31. The van der Waals surface area contributed by atoms with Crippen LogP contribution in [0.25, 0.3) is 0 Å². The number of benzene rings is 1. The number of rotatable bonds is 3. The minimum Gasteiger partial charge on any atom is -0.316 e. The summed E-state index contributed by atoms with van der Waals surface area (Å²) in [5.74, 6) is -0.258. The zero-order valence-corrected chi connectivity index (χ0v) is 10.1. The molecule has 16 heavy (non-hydrogen) atoms. The molecular weight excluding hydrogens is 227 g/mol. The van der Waals surface area contributed by atoms with Gasteiger partial charge in [0.05, 0.1) is 0 Å². The Bertz CT molecular complexity index is 350. The molecule has 0 radical (unpaired) electrons. The molecule has 1 N–H and O–H groups in total. The first-order chi connectivity index (χ1) is 7.67. The van der Waals surface area contributed by atoms with Gasteiger partial charge in [0, 0.05) is 30.7 Å². The number of likely N-dealkylation sites (tertiary alicyclic amines) is 1. The molecule has 88 valence electrons. The molecule has 0 amide bonds. The normalized spacial score (nSPS) is 21.6. The Kier molecular flexibility index (Phi) is 3.79. The number of hydrogen-bond acceptors (Lipinski definition) is 2. The fourth-order valence-corrected chi connectivity index (χ4v) is 2.42. The Morgan fingerprint density at radius 3 is 2.94 bits per heavy atom. The first kappa shape index (κ1) is 11.8.